The first-order valence-electron chi connectivity index (χ1n) is 20.4. The number of hydrogen-bond acceptors (Lipinski definition) is 8. The molecular formula is C41H70NO10P. The van der Waals surface area contributed by atoms with Crippen molar-refractivity contribution < 1.29 is 48.5 Å². The molecule has 1 aliphatic heterocycles. The lowest BCUT2D eigenvalue weighted by Gasteiger charge is -2.35. The number of aliphatic hydroxyl groups is 3. The smallest absolute Gasteiger partial charge is 0.454 e. The van der Waals surface area contributed by atoms with E-state index in [1.54, 1.807) is 18.2 Å². The molecule has 0 radical (unpaired) electrons. The number of ether oxygens (including phenoxy) is 1. The van der Waals surface area contributed by atoms with Crippen LogP contribution in [0.2, 0.25) is 0 Å². The molecule has 0 aromatic heterocycles. The molecule has 0 aromatic carbocycles. The van der Waals surface area contributed by atoms with Crippen molar-refractivity contribution in [3.63, 3.8) is 0 Å². The molecule has 7 atom stereocenters. The molecule has 0 unspecified atom stereocenters. The molecule has 0 bridgehead atoms. The Balaban J connectivity index is 1.98. The number of phosphoric ester groups is 1. The number of rotatable bonds is 28. The van der Waals surface area contributed by atoms with Gasteiger partial charge in [0.2, 0.25) is 5.91 Å². The van der Waals surface area contributed by atoms with E-state index in [0.717, 1.165) is 44.9 Å². The van der Waals surface area contributed by atoms with Gasteiger partial charge in [-0.15, -0.1) is 0 Å². The first-order chi connectivity index (χ1) is 25.3. The second-order valence-corrected chi connectivity index (χ2v) is 16.2. The molecule has 2 rings (SSSR count). The number of cyclic esters (lactones) is 1. The SMILES string of the molecule is CCCCCCCCCCCCCCCC(=O)NCC[C@@](O)(/C=C/[C@@H]1OC(=O)C=C[C@@H]1CC)[C@@H](C[C@@H](O)/C=C\C=C/[C@@H]1CCC[C@H](O)C1)OP(=O)(O)O. The van der Waals surface area contributed by atoms with Crippen LogP contribution < -0.4 is 5.32 Å². The third-order valence-electron chi connectivity index (χ3n) is 10.3. The number of hydrogen-bond donors (Lipinski definition) is 6. The standard InChI is InChI=1S/C41H70NO10P/c1-3-5-6-7-8-9-10-11-12-13-14-15-16-24-39(45)42-30-29-41(47,28-27-37-34(4-2)25-26-40(46)51-37)38(52-53(48,49)50)32-36(44)22-18-17-20-33-21-19-23-35(43)31-33/h17-18,20,22,25-28,33-38,43-44,47H,3-16,19,21,23-24,29-32H2,1-2H3,(H,42,45)(H2,48,49,50)/b20-17-,22-18-,28-27+/t33-,34+,35+,36+,37+,38-,41+/m1/s1. The number of carbonyl (C=O) groups excluding carboxylic acids is 2. The van der Waals surface area contributed by atoms with E-state index in [-0.39, 0.29) is 43.2 Å². The van der Waals surface area contributed by atoms with Crippen molar-refractivity contribution in [1.29, 1.82) is 0 Å². The van der Waals surface area contributed by atoms with Crippen LogP contribution in [0.25, 0.3) is 0 Å². The maximum absolute atomic E-state index is 12.7. The average molecular weight is 768 g/mol. The second kappa shape index (κ2) is 26.7. The number of aliphatic hydroxyl groups excluding tert-OH is 2. The minimum absolute atomic E-state index is 0.0252. The summed E-state index contributed by atoms with van der Waals surface area (Å²) in [7, 11) is -5.15. The first kappa shape index (κ1) is 47.0. The lowest BCUT2D eigenvalue weighted by Crippen LogP contribution is -2.46. The highest BCUT2D eigenvalue weighted by molar-refractivity contribution is 7.46. The highest BCUT2D eigenvalue weighted by atomic mass is 31.2. The molecule has 1 aliphatic carbocycles. The zero-order valence-electron chi connectivity index (χ0n) is 32.4. The average Bonchev–Trinajstić information content (AvgIpc) is 3.10. The molecule has 12 heteroatoms. The maximum atomic E-state index is 12.7. The molecule has 1 fully saturated rings. The number of amides is 1. The Bertz CT molecular complexity index is 1200. The Hall–Kier alpha value is -2.11. The summed E-state index contributed by atoms with van der Waals surface area (Å²) in [6.07, 6.45) is 28.1. The van der Waals surface area contributed by atoms with Crippen LogP contribution in [-0.2, 0) is 23.4 Å². The van der Waals surface area contributed by atoms with E-state index in [2.05, 4.69) is 12.2 Å². The van der Waals surface area contributed by atoms with Gasteiger partial charge in [-0.3, -0.25) is 9.32 Å². The fraction of sp³-hybridized carbons (Fsp3) is 0.756. The molecule has 1 amide bonds. The van der Waals surface area contributed by atoms with E-state index in [9.17, 15) is 39.3 Å². The van der Waals surface area contributed by atoms with Crippen LogP contribution >= 0.6 is 7.82 Å². The molecule has 1 saturated carbocycles. The molecule has 304 valence electrons. The first-order valence-corrected chi connectivity index (χ1v) is 21.9. The lowest BCUT2D eigenvalue weighted by molar-refractivity contribution is -0.143. The molecule has 6 N–H and O–H groups in total. The predicted molar refractivity (Wildman–Crippen MR) is 209 cm³/mol. The van der Waals surface area contributed by atoms with Crippen LogP contribution in [0.1, 0.15) is 149 Å². The number of esters is 1. The molecule has 0 saturated heterocycles. The minimum atomic E-state index is -5.15. The highest BCUT2D eigenvalue weighted by Crippen LogP contribution is 2.42. The molecule has 0 aromatic rings. The van der Waals surface area contributed by atoms with Gasteiger partial charge in [-0.05, 0) is 50.5 Å². The van der Waals surface area contributed by atoms with E-state index in [4.69, 9.17) is 9.26 Å². The lowest BCUT2D eigenvalue weighted by atomic mass is 9.86. The minimum Gasteiger partial charge on any atom is -0.454 e. The van der Waals surface area contributed by atoms with Gasteiger partial charge in [0.05, 0.1) is 12.2 Å². The van der Waals surface area contributed by atoms with Gasteiger partial charge in [-0.25, -0.2) is 9.36 Å². The van der Waals surface area contributed by atoms with Crippen molar-refractivity contribution in [2.75, 3.05) is 6.54 Å². The van der Waals surface area contributed by atoms with E-state index in [1.165, 1.54) is 82.1 Å². The Morgan fingerprint density at radius 1 is 1.00 bits per heavy atom. The van der Waals surface area contributed by atoms with Crippen LogP contribution in [0.4, 0.5) is 0 Å². The zero-order chi connectivity index (χ0) is 39.0. The van der Waals surface area contributed by atoms with Crippen LogP contribution in [0.5, 0.6) is 0 Å². The van der Waals surface area contributed by atoms with E-state index in [0.29, 0.717) is 19.3 Å². The summed E-state index contributed by atoms with van der Waals surface area (Å²) in [5, 5.41) is 35.6. The molecule has 0 spiro atoms. The fourth-order valence-corrected chi connectivity index (χ4v) is 7.72. The number of phosphoric acid groups is 1. The van der Waals surface area contributed by atoms with Crippen molar-refractivity contribution in [2.45, 2.75) is 179 Å². The van der Waals surface area contributed by atoms with Gasteiger partial charge >= 0.3 is 13.8 Å². The van der Waals surface area contributed by atoms with Gasteiger partial charge in [0.1, 0.15) is 17.8 Å². The van der Waals surface area contributed by atoms with Gasteiger partial charge in [-0.2, -0.15) is 0 Å². The Morgan fingerprint density at radius 3 is 2.25 bits per heavy atom. The topological polar surface area (TPSA) is 183 Å². The summed E-state index contributed by atoms with van der Waals surface area (Å²) in [6.45, 7) is 4.13. The largest absolute Gasteiger partial charge is 0.469 e. The molecular weight excluding hydrogens is 697 g/mol. The zero-order valence-corrected chi connectivity index (χ0v) is 33.3. The molecule has 11 nitrogen and oxygen atoms in total. The van der Waals surface area contributed by atoms with Crippen LogP contribution in [0, 0.1) is 11.8 Å². The highest BCUT2D eigenvalue weighted by Gasteiger charge is 2.41. The number of nitrogens with one attached hydrogen (secondary N) is 1. The van der Waals surface area contributed by atoms with Crippen molar-refractivity contribution in [3.8, 4) is 0 Å². The Kier molecular flexibility index (Phi) is 23.7. The van der Waals surface area contributed by atoms with Crippen molar-refractivity contribution >= 4 is 19.7 Å². The summed E-state index contributed by atoms with van der Waals surface area (Å²) in [6, 6.07) is 0. The normalized spacial score (nSPS) is 23.4. The summed E-state index contributed by atoms with van der Waals surface area (Å²) >= 11 is 0. The summed E-state index contributed by atoms with van der Waals surface area (Å²) in [4.78, 5) is 44.3. The van der Waals surface area contributed by atoms with Gasteiger partial charge in [0, 0.05) is 31.4 Å². The van der Waals surface area contributed by atoms with E-state index >= 15 is 0 Å². The number of allylic oxidation sites excluding steroid dienone is 3. The van der Waals surface area contributed by atoms with Gasteiger partial charge in [0.15, 0.2) is 0 Å². The molecule has 53 heavy (non-hydrogen) atoms. The predicted octanol–water partition coefficient (Wildman–Crippen LogP) is 7.66. The van der Waals surface area contributed by atoms with E-state index in [1.807, 2.05) is 13.0 Å². The number of unbranched alkanes of at least 4 members (excludes halogenated alkanes) is 12. The number of carbonyl (C=O) groups is 2. The summed E-state index contributed by atoms with van der Waals surface area (Å²) in [5.41, 5.74) is -2.07. The van der Waals surface area contributed by atoms with Gasteiger partial charge in [0.25, 0.3) is 0 Å². The third kappa shape index (κ3) is 21.5. The Labute approximate surface area is 318 Å². The molecule has 2 aliphatic rings. The maximum Gasteiger partial charge on any atom is 0.469 e. The van der Waals surface area contributed by atoms with Crippen molar-refractivity contribution in [2.24, 2.45) is 11.8 Å². The third-order valence-corrected chi connectivity index (χ3v) is 10.9. The van der Waals surface area contributed by atoms with Crippen LogP contribution in [0.15, 0.2) is 48.6 Å². The summed E-state index contributed by atoms with van der Waals surface area (Å²) in [5.74, 6) is -0.700. The quantitative estimate of drug-likeness (QED) is 0.0152. The van der Waals surface area contributed by atoms with Crippen molar-refractivity contribution in [1.82, 2.24) is 5.32 Å². The van der Waals surface area contributed by atoms with Crippen LogP contribution in [-0.4, -0.2) is 73.5 Å². The second-order valence-electron chi connectivity index (χ2n) is 15.0. The van der Waals surface area contributed by atoms with Gasteiger partial charge in [-0.1, -0.05) is 134 Å². The summed E-state index contributed by atoms with van der Waals surface area (Å²) < 4.78 is 22.7. The Morgan fingerprint density at radius 2 is 1.64 bits per heavy atom. The van der Waals surface area contributed by atoms with Crippen molar-refractivity contribution in [3.05, 3.63) is 48.6 Å². The van der Waals surface area contributed by atoms with Crippen LogP contribution in [0.3, 0.4) is 0 Å². The fourth-order valence-electron chi connectivity index (χ4n) is 7.12. The van der Waals surface area contributed by atoms with E-state index < -0.39 is 37.7 Å². The van der Waals surface area contributed by atoms with Gasteiger partial charge < -0.3 is 35.2 Å². The molecule has 1 heterocycles. The monoisotopic (exact) mass is 767 g/mol.